The highest BCUT2D eigenvalue weighted by atomic mass is 19.1. The standard InChI is InChI=1S/C19H21F2N3O3/c1-2-27-19(26)13-10-24(11-3-4-11)16-12(18(13)25)9-14(20)17(15(16)21)23-7-5-22-6-8-23/h9-11,22H,2-8H2,1H3. The van der Waals surface area contributed by atoms with Crippen LogP contribution in [0.2, 0.25) is 0 Å². The van der Waals surface area contributed by atoms with E-state index in [0.29, 0.717) is 26.2 Å². The Hall–Kier alpha value is -2.48. The molecule has 8 heteroatoms. The first-order chi connectivity index (χ1) is 13.0. The Morgan fingerprint density at radius 2 is 2.00 bits per heavy atom. The number of nitrogens with zero attached hydrogens (tertiary/aromatic N) is 2. The van der Waals surface area contributed by atoms with Crippen LogP contribution in [0.3, 0.4) is 0 Å². The van der Waals surface area contributed by atoms with Crippen molar-refractivity contribution in [3.05, 3.63) is 39.7 Å². The van der Waals surface area contributed by atoms with Gasteiger partial charge in [-0.3, -0.25) is 4.79 Å². The number of aromatic nitrogens is 1. The summed E-state index contributed by atoms with van der Waals surface area (Å²) in [7, 11) is 0. The summed E-state index contributed by atoms with van der Waals surface area (Å²) < 4.78 is 36.8. The number of carbonyl (C=O) groups excluding carboxylic acids is 1. The van der Waals surface area contributed by atoms with E-state index in [-0.39, 0.29) is 34.8 Å². The fourth-order valence-electron chi connectivity index (χ4n) is 3.60. The summed E-state index contributed by atoms with van der Waals surface area (Å²) in [5.41, 5.74) is -0.942. The van der Waals surface area contributed by atoms with Crippen LogP contribution in [0.4, 0.5) is 14.5 Å². The molecule has 0 atom stereocenters. The number of anilines is 1. The van der Waals surface area contributed by atoms with Gasteiger partial charge in [0.05, 0.1) is 17.5 Å². The van der Waals surface area contributed by atoms with Crippen LogP contribution in [0.25, 0.3) is 10.9 Å². The first-order valence-electron chi connectivity index (χ1n) is 9.22. The molecule has 1 saturated carbocycles. The Morgan fingerprint density at radius 1 is 1.30 bits per heavy atom. The molecule has 6 nitrogen and oxygen atoms in total. The van der Waals surface area contributed by atoms with E-state index in [2.05, 4.69) is 5.32 Å². The fourth-order valence-corrected chi connectivity index (χ4v) is 3.60. The average Bonchev–Trinajstić information content (AvgIpc) is 3.49. The Bertz CT molecular complexity index is 963. The maximum atomic E-state index is 15.4. The van der Waals surface area contributed by atoms with E-state index in [1.54, 1.807) is 16.4 Å². The lowest BCUT2D eigenvalue weighted by Crippen LogP contribution is -2.44. The summed E-state index contributed by atoms with van der Waals surface area (Å²) >= 11 is 0. The topological polar surface area (TPSA) is 63.6 Å². The largest absolute Gasteiger partial charge is 0.462 e. The van der Waals surface area contributed by atoms with Crippen LogP contribution in [-0.4, -0.2) is 43.3 Å². The second-order valence-electron chi connectivity index (χ2n) is 6.89. The molecule has 0 bridgehead atoms. The molecular weight excluding hydrogens is 356 g/mol. The normalized spacial score (nSPS) is 17.4. The number of hydrogen-bond donors (Lipinski definition) is 1. The van der Waals surface area contributed by atoms with E-state index in [9.17, 15) is 14.0 Å². The maximum Gasteiger partial charge on any atom is 0.343 e. The van der Waals surface area contributed by atoms with Gasteiger partial charge in [-0.05, 0) is 25.8 Å². The van der Waals surface area contributed by atoms with Crippen LogP contribution >= 0.6 is 0 Å². The van der Waals surface area contributed by atoms with Crippen molar-refractivity contribution in [3.63, 3.8) is 0 Å². The number of piperazine rings is 1. The van der Waals surface area contributed by atoms with Gasteiger partial charge in [0.15, 0.2) is 5.82 Å². The summed E-state index contributed by atoms with van der Waals surface area (Å²) in [6.45, 7) is 3.98. The van der Waals surface area contributed by atoms with E-state index >= 15 is 4.39 Å². The third kappa shape index (κ3) is 3.07. The number of ether oxygens (including phenoxy) is 1. The van der Waals surface area contributed by atoms with Gasteiger partial charge in [-0.25, -0.2) is 13.6 Å². The van der Waals surface area contributed by atoms with Gasteiger partial charge in [-0.15, -0.1) is 0 Å². The molecule has 27 heavy (non-hydrogen) atoms. The molecule has 2 aromatic rings. The molecule has 144 valence electrons. The van der Waals surface area contributed by atoms with E-state index in [1.807, 2.05) is 0 Å². The van der Waals surface area contributed by atoms with E-state index < -0.39 is 23.0 Å². The van der Waals surface area contributed by atoms with Gasteiger partial charge >= 0.3 is 5.97 Å². The van der Waals surface area contributed by atoms with Crippen molar-refractivity contribution in [1.29, 1.82) is 0 Å². The van der Waals surface area contributed by atoms with Crippen LogP contribution in [0, 0.1) is 11.6 Å². The third-order valence-corrected chi connectivity index (χ3v) is 5.05. The zero-order chi connectivity index (χ0) is 19.1. The molecule has 1 aromatic carbocycles. The van der Waals surface area contributed by atoms with Gasteiger partial charge in [-0.1, -0.05) is 0 Å². The minimum Gasteiger partial charge on any atom is -0.462 e. The lowest BCUT2D eigenvalue weighted by Gasteiger charge is -2.30. The molecule has 1 aliphatic heterocycles. The number of rotatable bonds is 4. The molecule has 1 saturated heterocycles. The lowest BCUT2D eigenvalue weighted by atomic mass is 10.1. The molecule has 2 fully saturated rings. The van der Waals surface area contributed by atoms with Crippen molar-refractivity contribution < 1.29 is 18.3 Å². The SMILES string of the molecule is CCOC(=O)c1cn(C2CC2)c2c(F)c(N3CCNCC3)c(F)cc2c1=O. The Morgan fingerprint density at radius 3 is 2.63 bits per heavy atom. The molecular formula is C19H21F2N3O3. The predicted molar refractivity (Wildman–Crippen MR) is 97.4 cm³/mol. The number of benzene rings is 1. The molecule has 0 spiro atoms. The van der Waals surface area contributed by atoms with E-state index in [1.165, 1.54) is 6.20 Å². The number of halogens is 2. The smallest absolute Gasteiger partial charge is 0.343 e. The molecule has 1 N–H and O–H groups in total. The van der Waals surface area contributed by atoms with Crippen LogP contribution in [0.5, 0.6) is 0 Å². The quantitative estimate of drug-likeness (QED) is 0.828. The van der Waals surface area contributed by atoms with Crippen LogP contribution in [0.15, 0.2) is 17.1 Å². The number of carbonyl (C=O) groups is 1. The molecule has 4 rings (SSSR count). The summed E-state index contributed by atoms with van der Waals surface area (Å²) in [4.78, 5) is 26.6. The average molecular weight is 377 g/mol. The number of hydrogen-bond acceptors (Lipinski definition) is 5. The van der Waals surface area contributed by atoms with Crippen LogP contribution in [-0.2, 0) is 4.74 Å². The second-order valence-corrected chi connectivity index (χ2v) is 6.89. The molecule has 0 unspecified atom stereocenters. The van der Waals surface area contributed by atoms with Gasteiger partial charge in [0.2, 0.25) is 5.43 Å². The van der Waals surface area contributed by atoms with E-state index in [4.69, 9.17) is 4.74 Å². The van der Waals surface area contributed by atoms with Crippen LogP contribution < -0.4 is 15.6 Å². The van der Waals surface area contributed by atoms with Gasteiger partial charge in [0.25, 0.3) is 0 Å². The van der Waals surface area contributed by atoms with Crippen molar-refractivity contribution in [1.82, 2.24) is 9.88 Å². The molecule has 0 radical (unpaired) electrons. The molecule has 2 heterocycles. The molecule has 2 aliphatic rings. The van der Waals surface area contributed by atoms with Crippen molar-refractivity contribution in [2.45, 2.75) is 25.8 Å². The highest BCUT2D eigenvalue weighted by molar-refractivity contribution is 5.95. The molecule has 1 aromatic heterocycles. The molecule has 0 amide bonds. The number of fused-ring (bicyclic) bond motifs is 1. The van der Waals surface area contributed by atoms with Crippen LogP contribution in [0.1, 0.15) is 36.2 Å². The predicted octanol–water partition coefficient (Wildman–Crippen LogP) is 2.20. The number of nitrogens with one attached hydrogen (secondary N) is 1. The summed E-state index contributed by atoms with van der Waals surface area (Å²) in [6, 6.07) is 1.05. The van der Waals surface area contributed by atoms with E-state index in [0.717, 1.165) is 18.9 Å². The first kappa shape index (κ1) is 17.9. The zero-order valence-electron chi connectivity index (χ0n) is 15.1. The van der Waals surface area contributed by atoms with Crippen molar-refractivity contribution in [2.75, 3.05) is 37.7 Å². The highest BCUT2D eigenvalue weighted by Crippen LogP contribution is 2.39. The monoisotopic (exact) mass is 377 g/mol. The number of esters is 1. The van der Waals surface area contributed by atoms with Gasteiger partial charge in [0, 0.05) is 38.4 Å². The molecule has 1 aliphatic carbocycles. The Balaban J connectivity index is 1.96. The van der Waals surface area contributed by atoms with Gasteiger partial charge in [0.1, 0.15) is 17.1 Å². The third-order valence-electron chi connectivity index (χ3n) is 5.05. The number of pyridine rings is 1. The van der Waals surface area contributed by atoms with Gasteiger partial charge < -0.3 is 19.5 Å². The van der Waals surface area contributed by atoms with Crippen molar-refractivity contribution in [2.24, 2.45) is 0 Å². The minimum atomic E-state index is -0.789. The van der Waals surface area contributed by atoms with Crippen molar-refractivity contribution >= 4 is 22.6 Å². The lowest BCUT2D eigenvalue weighted by molar-refractivity contribution is 0.0524. The zero-order valence-corrected chi connectivity index (χ0v) is 15.1. The Labute approximate surface area is 154 Å². The Kier molecular flexibility index (Phi) is 4.59. The summed E-state index contributed by atoms with van der Waals surface area (Å²) in [5.74, 6) is -2.31. The highest BCUT2D eigenvalue weighted by Gasteiger charge is 2.31. The first-order valence-corrected chi connectivity index (χ1v) is 9.22. The fraction of sp³-hybridized carbons (Fsp3) is 0.474. The second kappa shape index (κ2) is 6.92. The maximum absolute atomic E-state index is 15.4. The van der Waals surface area contributed by atoms with Gasteiger partial charge in [-0.2, -0.15) is 0 Å². The summed E-state index contributed by atoms with van der Waals surface area (Å²) in [5, 5.41) is 3.02. The summed E-state index contributed by atoms with van der Waals surface area (Å²) in [6.07, 6.45) is 3.00. The van der Waals surface area contributed by atoms with Crippen molar-refractivity contribution in [3.8, 4) is 0 Å². The minimum absolute atomic E-state index is 0.00268.